The molecule has 0 unspecified atom stereocenters. The number of carbonyl (C=O) groups is 1. The van der Waals surface area contributed by atoms with E-state index in [4.69, 9.17) is 5.11 Å². The van der Waals surface area contributed by atoms with Crippen molar-refractivity contribution in [3.8, 4) is 0 Å². The van der Waals surface area contributed by atoms with Gasteiger partial charge < -0.3 is 5.11 Å². The second-order valence-electron chi connectivity index (χ2n) is 5.82. The van der Waals surface area contributed by atoms with E-state index in [-0.39, 0.29) is 17.1 Å². The zero-order valence-corrected chi connectivity index (χ0v) is 14.3. The van der Waals surface area contributed by atoms with E-state index in [1.54, 1.807) is 0 Å². The molecule has 3 rings (SSSR count). The third kappa shape index (κ3) is 3.45. The number of carboxylic acid groups (broad SMARTS) is 1. The van der Waals surface area contributed by atoms with Crippen LogP contribution >= 0.6 is 0 Å². The van der Waals surface area contributed by atoms with E-state index in [9.17, 15) is 22.0 Å². The van der Waals surface area contributed by atoms with Gasteiger partial charge in [-0.15, -0.1) is 0 Å². The van der Waals surface area contributed by atoms with Crippen molar-refractivity contribution in [2.45, 2.75) is 17.7 Å². The van der Waals surface area contributed by atoms with E-state index < -0.39 is 27.6 Å². The van der Waals surface area contributed by atoms with Gasteiger partial charge in [-0.3, -0.25) is 4.31 Å². The second-order valence-corrected chi connectivity index (χ2v) is 7.68. The van der Waals surface area contributed by atoms with E-state index in [1.807, 2.05) is 0 Å². The molecule has 1 aliphatic rings. The summed E-state index contributed by atoms with van der Waals surface area (Å²) in [6.07, 6.45) is 3.25. The fourth-order valence-corrected chi connectivity index (χ4v) is 4.37. The molecule has 0 atom stereocenters. The number of benzene rings is 2. The van der Waals surface area contributed by atoms with Crippen LogP contribution in [0.4, 0.5) is 14.5 Å². The van der Waals surface area contributed by atoms with E-state index in [0.717, 1.165) is 22.5 Å². The van der Waals surface area contributed by atoms with Gasteiger partial charge in [-0.1, -0.05) is 12.1 Å². The van der Waals surface area contributed by atoms with Crippen LogP contribution in [-0.2, 0) is 21.2 Å². The standard InChI is InChI=1S/C18H15F2NO4S/c19-15-10-13-2-1-9-21(17(13)11-16(15)20)26(24,25)14-6-3-12(4-7-14)5-8-18(22)23/h3-8,10-11H,1-2,9H2,(H,22,23). The fraction of sp³-hybridized carbons (Fsp3) is 0.167. The molecule has 1 aliphatic heterocycles. The van der Waals surface area contributed by atoms with Gasteiger partial charge >= 0.3 is 5.97 Å². The Balaban J connectivity index is 1.97. The SMILES string of the molecule is O=C(O)C=Cc1ccc(S(=O)(=O)N2CCCc3cc(F)c(F)cc32)cc1. The first-order chi connectivity index (χ1) is 12.3. The van der Waals surface area contributed by atoms with Gasteiger partial charge in [-0.25, -0.2) is 22.0 Å². The summed E-state index contributed by atoms with van der Waals surface area (Å²) < 4.78 is 54.0. The lowest BCUT2D eigenvalue weighted by molar-refractivity contribution is -0.131. The number of aliphatic carboxylic acids is 1. The number of rotatable bonds is 4. The summed E-state index contributed by atoms with van der Waals surface area (Å²) in [4.78, 5) is 10.5. The van der Waals surface area contributed by atoms with Crippen molar-refractivity contribution in [2.75, 3.05) is 10.8 Å². The summed E-state index contributed by atoms with van der Waals surface area (Å²) in [7, 11) is -3.95. The summed E-state index contributed by atoms with van der Waals surface area (Å²) in [5.74, 6) is -3.21. The maximum atomic E-state index is 13.6. The minimum atomic E-state index is -3.95. The highest BCUT2D eigenvalue weighted by Crippen LogP contribution is 2.33. The molecule has 0 spiro atoms. The van der Waals surface area contributed by atoms with Gasteiger partial charge in [0.05, 0.1) is 10.6 Å². The van der Waals surface area contributed by atoms with Crippen LogP contribution in [0.3, 0.4) is 0 Å². The summed E-state index contributed by atoms with van der Waals surface area (Å²) >= 11 is 0. The Bertz CT molecular complexity index is 985. The maximum Gasteiger partial charge on any atom is 0.328 e. The van der Waals surface area contributed by atoms with Crippen LogP contribution in [0, 0.1) is 11.6 Å². The summed E-state index contributed by atoms with van der Waals surface area (Å²) in [5, 5.41) is 8.62. The highest BCUT2D eigenvalue weighted by molar-refractivity contribution is 7.92. The number of aryl methyl sites for hydroxylation is 1. The fourth-order valence-electron chi connectivity index (χ4n) is 2.84. The molecule has 0 amide bonds. The predicted molar refractivity (Wildman–Crippen MR) is 92.3 cm³/mol. The van der Waals surface area contributed by atoms with Crippen molar-refractivity contribution in [3.05, 3.63) is 65.2 Å². The smallest absolute Gasteiger partial charge is 0.328 e. The number of sulfonamides is 1. The van der Waals surface area contributed by atoms with Crippen LogP contribution in [0.15, 0.2) is 47.4 Å². The Labute approximate surface area is 149 Å². The average Bonchev–Trinajstić information content (AvgIpc) is 2.60. The topological polar surface area (TPSA) is 74.7 Å². The van der Waals surface area contributed by atoms with E-state index in [0.29, 0.717) is 24.0 Å². The molecule has 5 nitrogen and oxygen atoms in total. The molecule has 1 heterocycles. The number of carboxylic acids is 1. The molecule has 8 heteroatoms. The minimum Gasteiger partial charge on any atom is -0.478 e. The van der Waals surface area contributed by atoms with Crippen molar-refractivity contribution in [2.24, 2.45) is 0 Å². The number of hydrogen-bond acceptors (Lipinski definition) is 3. The van der Waals surface area contributed by atoms with Crippen LogP contribution in [0.25, 0.3) is 6.08 Å². The molecular formula is C18H15F2NO4S. The average molecular weight is 379 g/mol. The molecule has 26 heavy (non-hydrogen) atoms. The Morgan fingerprint density at radius 1 is 1.12 bits per heavy atom. The lowest BCUT2D eigenvalue weighted by atomic mass is 10.0. The lowest BCUT2D eigenvalue weighted by Crippen LogP contribution is -2.35. The molecule has 1 N–H and O–H groups in total. The van der Waals surface area contributed by atoms with Crippen molar-refractivity contribution in [3.63, 3.8) is 0 Å². The lowest BCUT2D eigenvalue weighted by Gasteiger charge is -2.30. The maximum absolute atomic E-state index is 13.6. The van der Waals surface area contributed by atoms with E-state index >= 15 is 0 Å². The van der Waals surface area contributed by atoms with Crippen molar-refractivity contribution < 1.29 is 27.1 Å². The highest BCUT2D eigenvalue weighted by Gasteiger charge is 2.30. The molecule has 0 saturated carbocycles. The highest BCUT2D eigenvalue weighted by atomic mass is 32.2. The number of nitrogens with zero attached hydrogens (tertiary/aromatic N) is 1. The molecule has 0 aliphatic carbocycles. The molecule has 2 aromatic rings. The van der Waals surface area contributed by atoms with Crippen molar-refractivity contribution in [1.82, 2.24) is 0 Å². The van der Waals surface area contributed by atoms with Gasteiger partial charge in [0.15, 0.2) is 11.6 Å². The van der Waals surface area contributed by atoms with Crippen molar-refractivity contribution >= 4 is 27.8 Å². The monoisotopic (exact) mass is 379 g/mol. The Hall–Kier alpha value is -2.74. The van der Waals surface area contributed by atoms with Gasteiger partial charge in [0, 0.05) is 18.7 Å². The number of fused-ring (bicyclic) bond motifs is 1. The molecule has 0 radical (unpaired) electrons. The minimum absolute atomic E-state index is 0.0115. The van der Waals surface area contributed by atoms with Crippen LogP contribution in [0.2, 0.25) is 0 Å². The van der Waals surface area contributed by atoms with E-state index in [2.05, 4.69) is 0 Å². The first-order valence-corrected chi connectivity index (χ1v) is 9.25. The van der Waals surface area contributed by atoms with Gasteiger partial charge in [-0.2, -0.15) is 0 Å². The van der Waals surface area contributed by atoms with Gasteiger partial charge in [0.25, 0.3) is 10.0 Å². The molecule has 0 fully saturated rings. The molecule has 2 aromatic carbocycles. The third-order valence-corrected chi connectivity index (χ3v) is 5.91. The Kier molecular flexibility index (Phi) is 4.78. The summed E-state index contributed by atoms with van der Waals surface area (Å²) in [5.41, 5.74) is 1.11. The van der Waals surface area contributed by atoms with Gasteiger partial charge in [0.2, 0.25) is 0 Å². The Morgan fingerprint density at radius 2 is 1.77 bits per heavy atom. The van der Waals surface area contributed by atoms with Gasteiger partial charge in [0.1, 0.15) is 0 Å². The quantitative estimate of drug-likeness (QED) is 0.828. The third-order valence-electron chi connectivity index (χ3n) is 4.08. The second kappa shape index (κ2) is 6.87. The van der Waals surface area contributed by atoms with Crippen LogP contribution in [0.5, 0.6) is 0 Å². The number of hydrogen-bond donors (Lipinski definition) is 1. The van der Waals surface area contributed by atoms with E-state index in [1.165, 1.54) is 30.3 Å². The molecule has 0 aromatic heterocycles. The molecule has 136 valence electrons. The van der Waals surface area contributed by atoms with Crippen molar-refractivity contribution in [1.29, 1.82) is 0 Å². The zero-order valence-electron chi connectivity index (χ0n) is 13.5. The summed E-state index contributed by atoms with van der Waals surface area (Å²) in [6, 6.07) is 7.60. The normalized spacial score (nSPS) is 14.5. The largest absolute Gasteiger partial charge is 0.478 e. The first kappa shape index (κ1) is 18.1. The van der Waals surface area contributed by atoms with Crippen LogP contribution in [-0.4, -0.2) is 26.0 Å². The Morgan fingerprint density at radius 3 is 2.42 bits per heavy atom. The van der Waals surface area contributed by atoms with Gasteiger partial charge in [-0.05, 0) is 48.2 Å². The van der Waals surface area contributed by atoms with Crippen LogP contribution in [0.1, 0.15) is 17.5 Å². The summed E-state index contributed by atoms with van der Waals surface area (Å²) in [6.45, 7) is 0.168. The first-order valence-electron chi connectivity index (χ1n) is 7.81. The predicted octanol–water partition coefficient (Wildman–Crippen LogP) is 3.20. The number of halogens is 2. The number of anilines is 1. The molecule has 0 saturated heterocycles. The van der Waals surface area contributed by atoms with Crippen LogP contribution < -0.4 is 4.31 Å². The zero-order chi connectivity index (χ0) is 18.9. The molecular weight excluding hydrogens is 364 g/mol. The molecule has 0 bridgehead atoms.